The first kappa shape index (κ1) is 27.4. The van der Waals surface area contributed by atoms with Crippen LogP contribution in [0.1, 0.15) is 47.3 Å². The lowest BCUT2D eigenvalue weighted by Gasteiger charge is -2.30. The summed E-state index contributed by atoms with van der Waals surface area (Å²) in [6.45, 7) is 6.24. The zero-order valence-corrected chi connectivity index (χ0v) is 25.2. The number of anilines is 2. The topological polar surface area (TPSA) is 116 Å². The van der Waals surface area contributed by atoms with Crippen LogP contribution in [-0.4, -0.2) is 61.1 Å². The van der Waals surface area contributed by atoms with Crippen LogP contribution in [0.5, 0.6) is 5.75 Å². The summed E-state index contributed by atoms with van der Waals surface area (Å²) in [6, 6.07) is 12.0. The number of fused-ring (bicyclic) bond motifs is 2. The van der Waals surface area contributed by atoms with Crippen molar-refractivity contribution >= 4 is 39.5 Å². The van der Waals surface area contributed by atoms with Gasteiger partial charge in [-0.1, -0.05) is 0 Å². The number of benzene rings is 1. The number of pyridine rings is 2. The number of aromatic nitrogens is 5. The van der Waals surface area contributed by atoms with Crippen molar-refractivity contribution in [2.45, 2.75) is 52.1 Å². The fourth-order valence-corrected chi connectivity index (χ4v) is 6.24. The van der Waals surface area contributed by atoms with Crippen LogP contribution in [0.4, 0.5) is 11.5 Å². The maximum absolute atomic E-state index is 13.5. The molecule has 2 aliphatic rings. The fraction of sp³-hybridized carbons (Fsp3) is 0.394. The third-order valence-corrected chi connectivity index (χ3v) is 8.98. The maximum atomic E-state index is 13.5. The van der Waals surface area contributed by atoms with Gasteiger partial charge >= 0.3 is 0 Å². The van der Waals surface area contributed by atoms with Gasteiger partial charge in [-0.3, -0.25) is 9.78 Å². The van der Waals surface area contributed by atoms with E-state index in [1.165, 1.54) is 12.8 Å². The Balaban J connectivity index is 1.31. The molecule has 7 rings (SSSR count). The number of rotatable bonds is 7. The van der Waals surface area contributed by atoms with E-state index in [4.69, 9.17) is 20.4 Å². The van der Waals surface area contributed by atoms with Crippen LogP contribution in [0.15, 0.2) is 42.6 Å². The molecule has 1 aliphatic heterocycles. The summed E-state index contributed by atoms with van der Waals surface area (Å²) >= 11 is 0. The quantitative estimate of drug-likeness (QED) is 0.268. The molecule has 1 amide bonds. The van der Waals surface area contributed by atoms with Crippen molar-refractivity contribution in [3.63, 3.8) is 0 Å². The third-order valence-electron chi connectivity index (χ3n) is 8.98. The van der Waals surface area contributed by atoms with Gasteiger partial charge in [-0.2, -0.15) is 0 Å². The molecule has 2 fully saturated rings. The van der Waals surface area contributed by atoms with Crippen LogP contribution in [0.3, 0.4) is 0 Å². The molecule has 3 N–H and O–H groups in total. The second-order valence-corrected chi connectivity index (χ2v) is 12.1. The van der Waals surface area contributed by atoms with Crippen molar-refractivity contribution in [1.29, 1.82) is 0 Å². The number of aryl methyl sites for hydroxylation is 2. The molecule has 43 heavy (non-hydrogen) atoms. The van der Waals surface area contributed by atoms with Crippen LogP contribution < -0.4 is 15.8 Å². The fourth-order valence-electron chi connectivity index (χ4n) is 6.24. The predicted molar refractivity (Wildman–Crippen MR) is 169 cm³/mol. The highest BCUT2D eigenvalue weighted by molar-refractivity contribution is 6.00. The number of carbonyl (C=O) groups excluding carboxylic acids is 1. The summed E-state index contributed by atoms with van der Waals surface area (Å²) < 4.78 is 10.2. The molecule has 0 bridgehead atoms. The second kappa shape index (κ2) is 10.7. The summed E-state index contributed by atoms with van der Waals surface area (Å²) in [4.78, 5) is 29.9. The minimum absolute atomic E-state index is 0.0142. The minimum atomic E-state index is -0.0331. The van der Waals surface area contributed by atoms with Gasteiger partial charge in [0.15, 0.2) is 5.82 Å². The number of hydrogen-bond donors (Lipinski definition) is 2. The molecule has 4 aromatic heterocycles. The molecule has 10 heteroatoms. The van der Waals surface area contributed by atoms with E-state index >= 15 is 0 Å². The van der Waals surface area contributed by atoms with Crippen LogP contribution in [-0.2, 0) is 13.6 Å². The molecule has 0 radical (unpaired) electrons. The van der Waals surface area contributed by atoms with Gasteiger partial charge in [0.05, 0.1) is 18.3 Å². The number of hydrogen-bond acceptors (Lipinski definition) is 7. The monoisotopic (exact) mass is 578 g/mol. The molecule has 0 spiro atoms. The Labute approximate surface area is 250 Å². The van der Waals surface area contributed by atoms with Gasteiger partial charge in [-0.25, -0.2) is 9.97 Å². The Bertz CT molecular complexity index is 1870. The average Bonchev–Trinajstić information content (AvgIpc) is 3.68. The van der Waals surface area contributed by atoms with E-state index in [0.717, 1.165) is 75.7 Å². The highest BCUT2D eigenvalue weighted by Gasteiger charge is 2.28. The van der Waals surface area contributed by atoms with E-state index in [9.17, 15) is 4.79 Å². The number of carbonyl (C=O) groups is 1. The SMILES string of the molecule is COc1cc(C(=O)N2CCC[C@@H](N)C2)cc2nc(-c3cc4ccc(Nc5ccnc(C)c5C)nc4n3CC3CC3)n(C)c12. The van der Waals surface area contributed by atoms with Crippen molar-refractivity contribution in [2.24, 2.45) is 18.7 Å². The first-order chi connectivity index (χ1) is 20.8. The van der Waals surface area contributed by atoms with Gasteiger partial charge in [-0.05, 0) is 87.4 Å². The standard InChI is InChI=1S/C33H38N8O2/c1-19-20(2)35-12-11-25(19)36-29-10-9-22-15-27(41(31(22)38-29)17-21-7-8-21)32-37-26-14-23(16-28(43-4)30(26)39(32)3)33(42)40-13-5-6-24(34)18-40/h9-12,14-16,21,24H,5-8,13,17-18,34H2,1-4H3,(H,35,36,38)/t24-/m1/s1. The smallest absolute Gasteiger partial charge is 0.254 e. The van der Waals surface area contributed by atoms with Gasteiger partial charge in [0, 0.05) is 61.3 Å². The number of likely N-dealkylation sites (tertiary alicyclic amines) is 1. The first-order valence-corrected chi connectivity index (χ1v) is 15.1. The van der Waals surface area contributed by atoms with Gasteiger partial charge in [-0.15, -0.1) is 0 Å². The molecule has 0 unspecified atom stereocenters. The van der Waals surface area contributed by atoms with Gasteiger partial charge in [0.25, 0.3) is 5.91 Å². The Hall–Kier alpha value is -4.44. The van der Waals surface area contributed by atoms with E-state index in [-0.39, 0.29) is 11.9 Å². The lowest BCUT2D eigenvalue weighted by atomic mass is 10.0. The molecule has 1 saturated heterocycles. The average molecular weight is 579 g/mol. The molecule has 222 valence electrons. The number of imidazole rings is 1. The summed E-state index contributed by atoms with van der Waals surface area (Å²) in [5.74, 6) is 2.82. The van der Waals surface area contributed by atoms with Crippen molar-refractivity contribution in [3.05, 3.63) is 59.4 Å². The number of methoxy groups -OCH3 is 1. The largest absolute Gasteiger partial charge is 0.494 e. The number of piperidine rings is 1. The number of ether oxygens (including phenoxy) is 1. The predicted octanol–water partition coefficient (Wildman–Crippen LogP) is 5.33. The molecular weight excluding hydrogens is 540 g/mol. The van der Waals surface area contributed by atoms with E-state index in [0.29, 0.717) is 30.3 Å². The Morgan fingerprint density at radius 2 is 1.95 bits per heavy atom. The normalized spacial score (nSPS) is 17.1. The third kappa shape index (κ3) is 4.99. The van der Waals surface area contributed by atoms with E-state index in [1.807, 2.05) is 49.3 Å². The van der Waals surface area contributed by atoms with Crippen molar-refractivity contribution in [2.75, 3.05) is 25.5 Å². The highest BCUT2D eigenvalue weighted by Crippen LogP contribution is 2.38. The molecule has 1 aliphatic carbocycles. The van der Waals surface area contributed by atoms with Crippen molar-refractivity contribution in [3.8, 4) is 17.3 Å². The number of amides is 1. The Morgan fingerprint density at radius 3 is 2.72 bits per heavy atom. The number of nitrogens with zero attached hydrogens (tertiary/aromatic N) is 6. The summed E-state index contributed by atoms with van der Waals surface area (Å²) in [6.07, 6.45) is 6.11. The minimum Gasteiger partial charge on any atom is -0.494 e. The molecule has 1 aromatic carbocycles. The number of nitrogens with two attached hydrogens (primary N) is 1. The second-order valence-electron chi connectivity index (χ2n) is 12.1. The Kier molecular flexibility index (Phi) is 6.80. The lowest BCUT2D eigenvalue weighted by Crippen LogP contribution is -2.45. The zero-order valence-electron chi connectivity index (χ0n) is 25.2. The summed E-state index contributed by atoms with van der Waals surface area (Å²) in [5, 5.41) is 4.55. The molecule has 1 saturated carbocycles. The summed E-state index contributed by atoms with van der Waals surface area (Å²) in [5.41, 5.74) is 13.3. The van der Waals surface area contributed by atoms with Crippen LogP contribution in [0.2, 0.25) is 0 Å². The van der Waals surface area contributed by atoms with E-state index < -0.39 is 0 Å². The highest BCUT2D eigenvalue weighted by atomic mass is 16.5. The van der Waals surface area contributed by atoms with Gasteiger partial charge in [0.1, 0.15) is 22.7 Å². The van der Waals surface area contributed by atoms with E-state index in [1.54, 1.807) is 7.11 Å². The lowest BCUT2D eigenvalue weighted by molar-refractivity contribution is 0.0708. The Morgan fingerprint density at radius 1 is 1.12 bits per heavy atom. The van der Waals surface area contributed by atoms with Gasteiger partial charge in [0.2, 0.25) is 0 Å². The maximum Gasteiger partial charge on any atom is 0.254 e. The number of nitrogens with one attached hydrogen (secondary N) is 1. The zero-order chi connectivity index (χ0) is 29.8. The van der Waals surface area contributed by atoms with Crippen molar-refractivity contribution in [1.82, 2.24) is 29.0 Å². The molecule has 10 nitrogen and oxygen atoms in total. The molecule has 1 atom stereocenters. The first-order valence-electron chi connectivity index (χ1n) is 15.1. The summed E-state index contributed by atoms with van der Waals surface area (Å²) in [7, 11) is 3.65. The van der Waals surface area contributed by atoms with Crippen molar-refractivity contribution < 1.29 is 9.53 Å². The van der Waals surface area contributed by atoms with Crippen LogP contribution in [0.25, 0.3) is 33.6 Å². The molecule has 5 heterocycles. The van der Waals surface area contributed by atoms with Gasteiger partial charge < -0.3 is 29.8 Å². The molecular formula is C33H38N8O2. The molecule has 5 aromatic rings. The van der Waals surface area contributed by atoms with Crippen LogP contribution in [0, 0.1) is 19.8 Å². The van der Waals surface area contributed by atoms with E-state index in [2.05, 4.69) is 38.5 Å². The van der Waals surface area contributed by atoms with Crippen LogP contribution >= 0.6 is 0 Å².